The third-order valence-corrected chi connectivity index (χ3v) is 5.77. The highest BCUT2D eigenvalue weighted by Crippen LogP contribution is 2.32. The van der Waals surface area contributed by atoms with Crippen molar-refractivity contribution < 1.29 is 0 Å². The predicted octanol–water partition coefficient (Wildman–Crippen LogP) is 4.28. The van der Waals surface area contributed by atoms with E-state index in [-0.39, 0.29) is 0 Å². The quantitative estimate of drug-likeness (QED) is 0.866. The maximum atomic E-state index is 3.60. The fraction of sp³-hybridized carbons (Fsp3) is 0.625. The zero-order valence-corrected chi connectivity index (χ0v) is 15.2. The first kappa shape index (κ1) is 16.2. The average Bonchev–Trinajstić information content (AvgIpc) is 2.40. The third-order valence-electron chi connectivity index (χ3n) is 3.94. The van der Waals surface area contributed by atoms with Gasteiger partial charge in [-0.3, -0.25) is 0 Å². The first-order chi connectivity index (χ1) is 9.49. The maximum absolute atomic E-state index is 3.60. The Hall–Kier alpha value is -0.190. The van der Waals surface area contributed by atoms with Gasteiger partial charge in [0.15, 0.2) is 0 Å². The molecule has 0 amide bonds. The van der Waals surface area contributed by atoms with Gasteiger partial charge in [0.1, 0.15) is 0 Å². The fourth-order valence-electron chi connectivity index (χ4n) is 2.56. The van der Waals surface area contributed by atoms with Crippen molar-refractivity contribution in [3.63, 3.8) is 0 Å². The largest absolute Gasteiger partial charge is 0.367 e. The number of hydrogen-bond donors (Lipinski definition) is 1. The van der Waals surface area contributed by atoms with Gasteiger partial charge in [0.2, 0.25) is 0 Å². The molecule has 2 unspecified atom stereocenters. The lowest BCUT2D eigenvalue weighted by Gasteiger charge is -2.40. The van der Waals surface area contributed by atoms with Gasteiger partial charge in [-0.05, 0) is 30.7 Å². The summed E-state index contributed by atoms with van der Waals surface area (Å²) in [7, 11) is 0. The van der Waals surface area contributed by atoms with Crippen molar-refractivity contribution in [2.45, 2.75) is 51.6 Å². The Kier molecular flexibility index (Phi) is 5.82. The molecule has 0 saturated carbocycles. The molecule has 2 nitrogen and oxygen atoms in total. The molecule has 1 fully saturated rings. The van der Waals surface area contributed by atoms with Crippen LogP contribution in [0.2, 0.25) is 0 Å². The molecule has 2 rings (SSSR count). The number of rotatable bonds is 4. The van der Waals surface area contributed by atoms with Crippen molar-refractivity contribution in [1.29, 1.82) is 0 Å². The lowest BCUT2D eigenvalue weighted by Crippen LogP contribution is -2.45. The minimum absolute atomic E-state index is 0.509. The highest BCUT2D eigenvalue weighted by Gasteiger charge is 2.26. The Labute approximate surface area is 135 Å². The summed E-state index contributed by atoms with van der Waals surface area (Å²) in [6.45, 7) is 11.1. The van der Waals surface area contributed by atoms with E-state index in [1.54, 1.807) is 0 Å². The van der Waals surface area contributed by atoms with Crippen LogP contribution in [0.15, 0.2) is 22.7 Å². The summed E-state index contributed by atoms with van der Waals surface area (Å²) in [5, 5.41) is 4.23. The molecule has 1 aliphatic heterocycles. The van der Waals surface area contributed by atoms with E-state index in [1.165, 1.54) is 17.0 Å². The molecule has 1 N–H and O–H groups in total. The minimum Gasteiger partial charge on any atom is -0.367 e. The summed E-state index contributed by atoms with van der Waals surface area (Å²) in [6.07, 6.45) is 0. The smallest absolute Gasteiger partial charge is 0.0415 e. The van der Waals surface area contributed by atoms with Gasteiger partial charge in [-0.15, -0.1) is 0 Å². The van der Waals surface area contributed by atoms with Crippen LogP contribution < -0.4 is 10.2 Å². The number of anilines is 1. The highest BCUT2D eigenvalue weighted by atomic mass is 79.9. The summed E-state index contributed by atoms with van der Waals surface area (Å²) in [6, 6.07) is 7.78. The molecular weight excluding hydrogens is 332 g/mol. The van der Waals surface area contributed by atoms with Crippen LogP contribution in [0.3, 0.4) is 0 Å². The van der Waals surface area contributed by atoms with E-state index in [9.17, 15) is 0 Å². The molecule has 0 aliphatic carbocycles. The van der Waals surface area contributed by atoms with Crippen LogP contribution in [0, 0.1) is 0 Å². The van der Waals surface area contributed by atoms with Crippen molar-refractivity contribution in [2.75, 3.05) is 17.2 Å². The van der Waals surface area contributed by atoms with Crippen molar-refractivity contribution in [3.8, 4) is 0 Å². The lowest BCUT2D eigenvalue weighted by molar-refractivity contribution is 0.581. The second-order valence-electron chi connectivity index (χ2n) is 5.82. The maximum Gasteiger partial charge on any atom is 0.0415 e. The molecule has 112 valence electrons. The molecule has 20 heavy (non-hydrogen) atoms. The molecular formula is C16H25BrN2S. The topological polar surface area (TPSA) is 15.3 Å². The Bertz CT molecular complexity index is 450. The molecule has 4 heteroatoms. The Morgan fingerprint density at radius 1 is 1.40 bits per heavy atom. The van der Waals surface area contributed by atoms with Gasteiger partial charge in [0.25, 0.3) is 0 Å². The first-order valence-electron chi connectivity index (χ1n) is 7.39. The second kappa shape index (κ2) is 7.19. The highest BCUT2D eigenvalue weighted by molar-refractivity contribution is 9.10. The Balaban J connectivity index is 2.25. The van der Waals surface area contributed by atoms with Crippen LogP contribution in [0.25, 0.3) is 0 Å². The summed E-state index contributed by atoms with van der Waals surface area (Å²) >= 11 is 5.69. The summed E-state index contributed by atoms with van der Waals surface area (Å²) in [5.41, 5.74) is 2.78. The van der Waals surface area contributed by atoms with Crippen molar-refractivity contribution in [3.05, 3.63) is 28.2 Å². The van der Waals surface area contributed by atoms with Gasteiger partial charge in [-0.2, -0.15) is 11.8 Å². The SMILES string of the molecule is CC(C)NCc1cc(Br)ccc1N1CCSC(C)C1C. The van der Waals surface area contributed by atoms with E-state index in [0.717, 1.165) is 17.6 Å². The number of halogens is 1. The van der Waals surface area contributed by atoms with Crippen LogP contribution in [-0.2, 0) is 6.54 Å². The monoisotopic (exact) mass is 356 g/mol. The zero-order valence-electron chi connectivity index (χ0n) is 12.8. The standard InChI is InChI=1S/C16H25BrN2S/c1-11(2)18-10-14-9-15(17)5-6-16(14)19-7-8-20-13(4)12(19)3/h5-6,9,11-13,18H,7-8,10H2,1-4H3. The molecule has 1 aromatic rings. The predicted molar refractivity (Wildman–Crippen MR) is 94.8 cm³/mol. The van der Waals surface area contributed by atoms with Crippen molar-refractivity contribution in [2.24, 2.45) is 0 Å². The molecule has 0 spiro atoms. The van der Waals surface area contributed by atoms with Gasteiger partial charge < -0.3 is 10.2 Å². The van der Waals surface area contributed by atoms with Crippen molar-refractivity contribution >= 4 is 33.4 Å². The minimum atomic E-state index is 0.509. The number of nitrogens with zero attached hydrogens (tertiary/aromatic N) is 1. The lowest BCUT2D eigenvalue weighted by atomic mass is 10.1. The van der Waals surface area contributed by atoms with Crippen LogP contribution in [0.5, 0.6) is 0 Å². The molecule has 2 atom stereocenters. The van der Waals surface area contributed by atoms with E-state index < -0.39 is 0 Å². The zero-order chi connectivity index (χ0) is 14.7. The second-order valence-corrected chi connectivity index (χ2v) is 8.22. The number of hydrogen-bond acceptors (Lipinski definition) is 3. The van der Waals surface area contributed by atoms with Crippen LogP contribution in [0.1, 0.15) is 33.3 Å². The number of thioether (sulfide) groups is 1. The van der Waals surface area contributed by atoms with Crippen LogP contribution in [-0.4, -0.2) is 29.6 Å². The van der Waals surface area contributed by atoms with Crippen LogP contribution in [0.4, 0.5) is 5.69 Å². The van der Waals surface area contributed by atoms with Gasteiger partial charge in [-0.1, -0.05) is 36.7 Å². The van der Waals surface area contributed by atoms with E-state index in [0.29, 0.717) is 17.3 Å². The Morgan fingerprint density at radius 2 is 2.15 bits per heavy atom. The van der Waals surface area contributed by atoms with E-state index in [1.807, 2.05) is 0 Å². The van der Waals surface area contributed by atoms with Crippen molar-refractivity contribution in [1.82, 2.24) is 5.32 Å². The normalized spacial score (nSPS) is 23.4. The van der Waals surface area contributed by atoms with E-state index >= 15 is 0 Å². The van der Waals surface area contributed by atoms with Gasteiger partial charge >= 0.3 is 0 Å². The molecule has 1 saturated heterocycles. The summed E-state index contributed by atoms with van der Waals surface area (Å²) < 4.78 is 1.16. The van der Waals surface area contributed by atoms with E-state index in [2.05, 4.69) is 83.8 Å². The average molecular weight is 357 g/mol. The van der Waals surface area contributed by atoms with Gasteiger partial charge in [-0.25, -0.2) is 0 Å². The number of benzene rings is 1. The van der Waals surface area contributed by atoms with Gasteiger partial charge in [0, 0.05) is 46.3 Å². The summed E-state index contributed by atoms with van der Waals surface area (Å²) in [4.78, 5) is 2.57. The molecule has 1 aliphatic rings. The molecule has 1 aromatic carbocycles. The first-order valence-corrected chi connectivity index (χ1v) is 9.23. The summed E-state index contributed by atoms with van der Waals surface area (Å²) in [5.74, 6) is 1.22. The fourth-order valence-corrected chi connectivity index (χ4v) is 4.07. The molecule has 0 bridgehead atoms. The number of nitrogens with one attached hydrogen (secondary N) is 1. The van der Waals surface area contributed by atoms with E-state index in [4.69, 9.17) is 0 Å². The molecule has 0 aromatic heterocycles. The molecule has 1 heterocycles. The van der Waals surface area contributed by atoms with Gasteiger partial charge in [0.05, 0.1) is 0 Å². The Morgan fingerprint density at radius 3 is 2.85 bits per heavy atom. The van der Waals surface area contributed by atoms with Crippen LogP contribution >= 0.6 is 27.7 Å². The third kappa shape index (κ3) is 3.92. The molecule has 0 radical (unpaired) electrons.